The van der Waals surface area contributed by atoms with Crippen molar-refractivity contribution in [3.8, 4) is 5.82 Å². The van der Waals surface area contributed by atoms with E-state index in [0.29, 0.717) is 23.7 Å². The van der Waals surface area contributed by atoms with Crippen LogP contribution >= 0.6 is 0 Å². The minimum absolute atomic E-state index is 0.0840. The maximum Gasteiger partial charge on any atom is 0.267 e. The first kappa shape index (κ1) is 17.0. The fourth-order valence-electron chi connectivity index (χ4n) is 3.81. The van der Waals surface area contributed by atoms with Crippen molar-refractivity contribution in [2.24, 2.45) is 0 Å². The summed E-state index contributed by atoms with van der Waals surface area (Å²) < 4.78 is 3.15. The summed E-state index contributed by atoms with van der Waals surface area (Å²) in [6.45, 7) is 0. The Kier molecular flexibility index (Phi) is 4.34. The van der Waals surface area contributed by atoms with Crippen molar-refractivity contribution < 1.29 is 0 Å². The van der Waals surface area contributed by atoms with Gasteiger partial charge in [-0.15, -0.1) is 5.10 Å². The topological polar surface area (TPSA) is 103 Å². The lowest BCUT2D eigenvalue weighted by molar-refractivity contribution is 0.302. The third-order valence-corrected chi connectivity index (χ3v) is 5.56. The average Bonchev–Trinajstić information content (AvgIpc) is 3.44. The lowest BCUT2D eigenvalue weighted by atomic mass is 9.91. The van der Waals surface area contributed by atoms with E-state index in [4.69, 9.17) is 0 Å². The number of rotatable bonds is 5. The van der Waals surface area contributed by atoms with E-state index in [-0.39, 0.29) is 11.6 Å². The van der Waals surface area contributed by atoms with E-state index < -0.39 is 0 Å². The molecule has 2 aliphatic rings. The summed E-state index contributed by atoms with van der Waals surface area (Å²) in [5, 5.41) is 12.0. The summed E-state index contributed by atoms with van der Waals surface area (Å²) in [5.74, 6) is 1.96. The van der Waals surface area contributed by atoms with E-state index in [9.17, 15) is 4.79 Å². The first-order valence-electron chi connectivity index (χ1n) is 9.79. The summed E-state index contributed by atoms with van der Waals surface area (Å²) in [4.78, 5) is 25.2. The van der Waals surface area contributed by atoms with Crippen LogP contribution < -0.4 is 10.9 Å². The van der Waals surface area contributed by atoms with Crippen LogP contribution in [0.4, 0.5) is 5.95 Å². The molecule has 0 spiro atoms. The van der Waals surface area contributed by atoms with Crippen LogP contribution in [0.3, 0.4) is 0 Å². The molecule has 9 heteroatoms. The summed E-state index contributed by atoms with van der Waals surface area (Å²) in [6, 6.07) is 3.62. The van der Waals surface area contributed by atoms with Gasteiger partial charge in [0.15, 0.2) is 5.82 Å². The Morgan fingerprint density at radius 2 is 1.79 bits per heavy atom. The van der Waals surface area contributed by atoms with E-state index >= 15 is 0 Å². The van der Waals surface area contributed by atoms with Crippen LogP contribution in [0.1, 0.15) is 56.0 Å². The van der Waals surface area contributed by atoms with Crippen molar-refractivity contribution in [2.75, 3.05) is 5.32 Å². The second-order valence-corrected chi connectivity index (χ2v) is 7.58. The van der Waals surface area contributed by atoms with Crippen molar-refractivity contribution in [2.45, 2.75) is 56.5 Å². The molecule has 0 radical (unpaired) electrons. The van der Waals surface area contributed by atoms with Crippen LogP contribution in [0.15, 0.2) is 42.0 Å². The van der Waals surface area contributed by atoms with Gasteiger partial charge in [-0.2, -0.15) is 5.10 Å². The van der Waals surface area contributed by atoms with Gasteiger partial charge in [0, 0.05) is 24.5 Å². The molecule has 0 unspecified atom stereocenters. The fraction of sp³-hybridized carbons (Fsp3) is 0.474. The molecule has 0 aliphatic heterocycles. The van der Waals surface area contributed by atoms with Gasteiger partial charge < -0.3 is 5.32 Å². The van der Waals surface area contributed by atoms with E-state index in [2.05, 4.69) is 30.5 Å². The normalized spacial score (nSPS) is 22.1. The predicted octanol–water partition coefficient (Wildman–Crippen LogP) is 2.09. The Hall–Kier alpha value is -3.10. The maximum absolute atomic E-state index is 12.3. The smallest absolute Gasteiger partial charge is 0.267 e. The highest BCUT2D eigenvalue weighted by atomic mass is 16.1. The monoisotopic (exact) mass is 378 g/mol. The molecule has 1 N–H and O–H groups in total. The van der Waals surface area contributed by atoms with Gasteiger partial charge in [-0.25, -0.2) is 24.3 Å². The summed E-state index contributed by atoms with van der Waals surface area (Å²) in [6.07, 6.45) is 13.1. The van der Waals surface area contributed by atoms with E-state index in [1.807, 2.05) is 12.4 Å². The average molecular weight is 378 g/mol. The Bertz CT molecular complexity index is 986. The number of hydrogen-bond acceptors (Lipinski definition) is 7. The van der Waals surface area contributed by atoms with E-state index in [1.54, 1.807) is 27.8 Å². The van der Waals surface area contributed by atoms with Gasteiger partial charge in [-0.1, -0.05) is 0 Å². The number of hydrogen-bond donors (Lipinski definition) is 1. The lowest BCUT2D eigenvalue weighted by Crippen LogP contribution is -2.33. The van der Waals surface area contributed by atoms with Crippen molar-refractivity contribution >= 4 is 5.95 Å². The molecular formula is C19H22N8O. The maximum atomic E-state index is 12.3. The summed E-state index contributed by atoms with van der Waals surface area (Å²) >= 11 is 0. The quantitative estimate of drug-likeness (QED) is 0.725. The van der Waals surface area contributed by atoms with Crippen LogP contribution in [-0.2, 0) is 0 Å². The van der Waals surface area contributed by atoms with Crippen LogP contribution in [0.2, 0.25) is 0 Å². The molecule has 3 heterocycles. The molecule has 144 valence electrons. The largest absolute Gasteiger partial charge is 0.351 e. The molecule has 28 heavy (non-hydrogen) atoms. The number of nitrogens with one attached hydrogen (secondary N) is 1. The molecule has 0 bridgehead atoms. The summed E-state index contributed by atoms with van der Waals surface area (Å²) in [7, 11) is 0. The van der Waals surface area contributed by atoms with Crippen LogP contribution in [0.25, 0.3) is 5.82 Å². The standard InChI is InChI=1S/C19H22N8O/c28-18-8-7-17(26-12-20-11-23-26)25-27(18)16-5-3-15(4-6-16)24-19-21-9-14(10-22-19)13-1-2-13/h7-13,15-16H,1-6H2,(H,21,22,24). The number of nitrogens with zero attached hydrogens (tertiary/aromatic N) is 7. The molecule has 9 nitrogen and oxygen atoms in total. The van der Waals surface area contributed by atoms with Crippen LogP contribution in [-0.4, -0.2) is 40.6 Å². The van der Waals surface area contributed by atoms with Gasteiger partial charge in [-0.05, 0) is 56.1 Å². The SMILES string of the molecule is O=c1ccc(-n2cncn2)nn1C1CCC(Nc2ncc(C3CC3)cn2)CC1. The molecule has 0 atom stereocenters. The number of anilines is 1. The van der Waals surface area contributed by atoms with Gasteiger partial charge in [-0.3, -0.25) is 4.79 Å². The van der Waals surface area contributed by atoms with Crippen molar-refractivity contribution in [1.82, 2.24) is 34.5 Å². The molecule has 2 aliphatic carbocycles. The second kappa shape index (κ2) is 7.14. The third kappa shape index (κ3) is 3.51. The van der Waals surface area contributed by atoms with Gasteiger partial charge in [0.25, 0.3) is 5.56 Å². The van der Waals surface area contributed by atoms with Crippen molar-refractivity contribution in [3.05, 3.63) is 53.1 Å². The highest BCUT2D eigenvalue weighted by Gasteiger charge is 2.26. The van der Waals surface area contributed by atoms with Gasteiger partial charge >= 0.3 is 0 Å². The van der Waals surface area contributed by atoms with Crippen LogP contribution in [0, 0.1) is 0 Å². The van der Waals surface area contributed by atoms with Gasteiger partial charge in [0.2, 0.25) is 5.95 Å². The van der Waals surface area contributed by atoms with Gasteiger partial charge in [0.05, 0.1) is 6.04 Å². The first-order valence-corrected chi connectivity index (χ1v) is 9.79. The molecule has 0 aromatic carbocycles. The van der Waals surface area contributed by atoms with Crippen molar-refractivity contribution in [3.63, 3.8) is 0 Å². The highest BCUT2D eigenvalue weighted by molar-refractivity contribution is 5.29. The highest BCUT2D eigenvalue weighted by Crippen LogP contribution is 2.39. The number of aromatic nitrogens is 7. The molecule has 3 aromatic rings. The Morgan fingerprint density at radius 3 is 2.46 bits per heavy atom. The lowest BCUT2D eigenvalue weighted by Gasteiger charge is -2.29. The molecule has 2 saturated carbocycles. The molecule has 2 fully saturated rings. The zero-order valence-corrected chi connectivity index (χ0v) is 15.5. The Labute approximate surface area is 161 Å². The molecule has 5 rings (SSSR count). The van der Waals surface area contributed by atoms with Crippen molar-refractivity contribution in [1.29, 1.82) is 0 Å². The van der Waals surface area contributed by atoms with Gasteiger partial charge in [0.1, 0.15) is 12.7 Å². The Morgan fingerprint density at radius 1 is 1.00 bits per heavy atom. The van der Waals surface area contributed by atoms with E-state index in [0.717, 1.165) is 25.7 Å². The predicted molar refractivity (Wildman–Crippen MR) is 102 cm³/mol. The molecule has 0 saturated heterocycles. The zero-order valence-electron chi connectivity index (χ0n) is 15.5. The molecular weight excluding hydrogens is 356 g/mol. The zero-order chi connectivity index (χ0) is 18.9. The molecule has 0 amide bonds. The fourth-order valence-corrected chi connectivity index (χ4v) is 3.81. The Balaban J connectivity index is 1.23. The molecule has 3 aromatic heterocycles. The third-order valence-electron chi connectivity index (χ3n) is 5.56. The van der Waals surface area contributed by atoms with Crippen LogP contribution in [0.5, 0.6) is 0 Å². The minimum atomic E-state index is -0.0840. The second-order valence-electron chi connectivity index (χ2n) is 7.58. The van der Waals surface area contributed by atoms with E-state index in [1.165, 1.54) is 24.7 Å². The minimum Gasteiger partial charge on any atom is -0.351 e. The first-order chi connectivity index (χ1) is 13.8. The summed E-state index contributed by atoms with van der Waals surface area (Å²) in [5.41, 5.74) is 1.16.